The lowest BCUT2D eigenvalue weighted by Crippen LogP contribution is -2.44. The van der Waals surface area contributed by atoms with Crippen LogP contribution in [0.4, 0.5) is 4.79 Å². The smallest absolute Gasteiger partial charge is 0.316 e. The van der Waals surface area contributed by atoms with E-state index in [0.29, 0.717) is 0 Å². The first-order valence-electron chi connectivity index (χ1n) is 6.95. The van der Waals surface area contributed by atoms with E-state index in [0.717, 1.165) is 13.0 Å². The number of carbonyl (C=O) groups is 1. The van der Waals surface area contributed by atoms with Crippen LogP contribution in [-0.2, 0) is 0 Å². The molecular weight excluding hydrogens is 228 g/mol. The molecule has 0 aromatic rings. The highest BCUT2D eigenvalue weighted by molar-refractivity contribution is 5.73. The predicted octanol–water partition coefficient (Wildman–Crippen LogP) is 0.675. The van der Waals surface area contributed by atoms with Crippen molar-refractivity contribution in [2.45, 2.75) is 19.3 Å². The number of hydrogen-bond donors (Lipinski definition) is 1. The zero-order valence-electron chi connectivity index (χ0n) is 12.1. The van der Waals surface area contributed by atoms with E-state index in [1.807, 2.05) is 0 Å². The molecule has 1 heterocycles. The van der Waals surface area contributed by atoms with Gasteiger partial charge in [0.15, 0.2) is 0 Å². The van der Waals surface area contributed by atoms with Crippen molar-refractivity contribution >= 4 is 6.03 Å². The van der Waals surface area contributed by atoms with Gasteiger partial charge in [0.05, 0.1) is 0 Å². The average Bonchev–Trinajstić information content (AvgIpc) is 2.35. The Morgan fingerprint density at radius 1 is 1.11 bits per heavy atom. The Balaban J connectivity index is 1.91. The predicted molar refractivity (Wildman–Crippen MR) is 74.9 cm³/mol. The maximum absolute atomic E-state index is 11.3. The maximum Gasteiger partial charge on any atom is 0.316 e. The summed E-state index contributed by atoms with van der Waals surface area (Å²) in [7, 11) is 5.72. The van der Waals surface area contributed by atoms with Gasteiger partial charge in [0.25, 0.3) is 0 Å². The summed E-state index contributed by atoms with van der Waals surface area (Å²) in [6, 6.07) is 0.00840. The Morgan fingerprint density at radius 2 is 1.78 bits per heavy atom. The lowest BCUT2D eigenvalue weighted by atomic mass is 10.2. The maximum atomic E-state index is 11.3. The van der Waals surface area contributed by atoms with Crippen LogP contribution in [0.15, 0.2) is 0 Å². The summed E-state index contributed by atoms with van der Waals surface area (Å²) >= 11 is 0. The molecule has 0 saturated carbocycles. The fourth-order valence-electron chi connectivity index (χ4n) is 2.06. The molecule has 1 aliphatic heterocycles. The van der Waals surface area contributed by atoms with Gasteiger partial charge in [0.2, 0.25) is 0 Å². The molecule has 1 aliphatic rings. The number of nitrogens with zero attached hydrogens (tertiary/aromatic N) is 3. The van der Waals surface area contributed by atoms with E-state index < -0.39 is 0 Å². The molecule has 0 atom stereocenters. The first-order chi connectivity index (χ1) is 8.59. The molecule has 0 aliphatic carbocycles. The monoisotopic (exact) mass is 256 g/mol. The first-order valence-corrected chi connectivity index (χ1v) is 6.95. The summed E-state index contributed by atoms with van der Waals surface area (Å²) in [5.74, 6) is 0. The zero-order valence-corrected chi connectivity index (χ0v) is 12.1. The Hall–Kier alpha value is -0.810. The molecule has 5 heteroatoms. The SMILES string of the molecule is CN1CCN(CCCCCNC(=O)N(C)C)CC1. The molecule has 0 radical (unpaired) electrons. The number of piperazine rings is 1. The summed E-state index contributed by atoms with van der Waals surface area (Å²) in [5.41, 5.74) is 0. The van der Waals surface area contributed by atoms with Gasteiger partial charge in [0, 0.05) is 46.8 Å². The van der Waals surface area contributed by atoms with E-state index in [-0.39, 0.29) is 6.03 Å². The minimum atomic E-state index is 0.00840. The number of amides is 2. The van der Waals surface area contributed by atoms with Crippen LogP contribution in [0.2, 0.25) is 0 Å². The number of rotatable bonds is 6. The van der Waals surface area contributed by atoms with Crippen LogP contribution in [-0.4, -0.2) is 81.1 Å². The third kappa shape index (κ3) is 6.21. The van der Waals surface area contributed by atoms with Gasteiger partial charge in [0.1, 0.15) is 0 Å². The van der Waals surface area contributed by atoms with Crippen molar-refractivity contribution in [2.75, 3.05) is 60.4 Å². The molecule has 0 spiro atoms. The topological polar surface area (TPSA) is 38.8 Å². The number of hydrogen-bond acceptors (Lipinski definition) is 3. The molecule has 106 valence electrons. The molecule has 0 bridgehead atoms. The second kappa shape index (κ2) is 8.32. The van der Waals surface area contributed by atoms with Crippen molar-refractivity contribution in [3.8, 4) is 0 Å². The molecule has 2 amide bonds. The van der Waals surface area contributed by atoms with E-state index in [2.05, 4.69) is 22.2 Å². The van der Waals surface area contributed by atoms with Crippen LogP contribution in [0.25, 0.3) is 0 Å². The summed E-state index contributed by atoms with van der Waals surface area (Å²) in [6.07, 6.45) is 3.51. The molecule has 1 rings (SSSR count). The molecule has 18 heavy (non-hydrogen) atoms. The Kier molecular flexibility index (Phi) is 7.05. The lowest BCUT2D eigenvalue weighted by molar-refractivity contribution is 0.152. The number of urea groups is 1. The minimum Gasteiger partial charge on any atom is -0.338 e. The number of likely N-dealkylation sites (N-methyl/N-ethyl adjacent to an activating group) is 1. The van der Waals surface area contributed by atoms with Crippen LogP contribution in [0.3, 0.4) is 0 Å². The minimum absolute atomic E-state index is 0.00840. The molecule has 0 aromatic heterocycles. The normalized spacial score (nSPS) is 17.7. The quantitative estimate of drug-likeness (QED) is 0.710. The third-order valence-corrected chi connectivity index (χ3v) is 3.43. The van der Waals surface area contributed by atoms with Crippen molar-refractivity contribution in [2.24, 2.45) is 0 Å². The van der Waals surface area contributed by atoms with Gasteiger partial charge in [-0.25, -0.2) is 4.79 Å². The third-order valence-electron chi connectivity index (χ3n) is 3.43. The van der Waals surface area contributed by atoms with Gasteiger partial charge in [-0.1, -0.05) is 6.42 Å². The summed E-state index contributed by atoms with van der Waals surface area (Å²) in [6.45, 7) is 6.79. The lowest BCUT2D eigenvalue weighted by Gasteiger charge is -2.32. The van der Waals surface area contributed by atoms with Gasteiger partial charge < -0.3 is 20.0 Å². The fourth-order valence-corrected chi connectivity index (χ4v) is 2.06. The van der Waals surface area contributed by atoms with Gasteiger partial charge in [-0.05, 0) is 26.4 Å². The highest BCUT2D eigenvalue weighted by atomic mass is 16.2. The second-order valence-corrected chi connectivity index (χ2v) is 5.33. The standard InChI is InChI=1S/C13H28N4O/c1-15(2)13(18)14-7-5-4-6-8-17-11-9-16(3)10-12-17/h4-12H2,1-3H3,(H,14,18). The number of nitrogens with one attached hydrogen (secondary N) is 1. The van der Waals surface area contributed by atoms with Crippen molar-refractivity contribution in [1.82, 2.24) is 20.0 Å². The Bertz CT molecular complexity index is 237. The zero-order chi connectivity index (χ0) is 13.4. The van der Waals surface area contributed by atoms with Gasteiger partial charge in [-0.15, -0.1) is 0 Å². The number of carbonyl (C=O) groups excluding carboxylic acids is 1. The van der Waals surface area contributed by atoms with Crippen LogP contribution in [0, 0.1) is 0 Å². The molecule has 1 saturated heterocycles. The summed E-state index contributed by atoms with van der Waals surface area (Å²) in [5, 5.41) is 2.89. The molecule has 1 N–H and O–H groups in total. The summed E-state index contributed by atoms with van der Waals surface area (Å²) in [4.78, 5) is 17.8. The summed E-state index contributed by atoms with van der Waals surface area (Å²) < 4.78 is 0. The van der Waals surface area contributed by atoms with Gasteiger partial charge in [-0.2, -0.15) is 0 Å². The van der Waals surface area contributed by atoms with Crippen LogP contribution in [0.1, 0.15) is 19.3 Å². The Morgan fingerprint density at radius 3 is 2.39 bits per heavy atom. The first kappa shape index (κ1) is 15.2. The van der Waals surface area contributed by atoms with Gasteiger partial charge in [-0.3, -0.25) is 0 Å². The number of unbranched alkanes of at least 4 members (excludes halogenated alkanes) is 2. The average molecular weight is 256 g/mol. The van der Waals surface area contributed by atoms with Crippen molar-refractivity contribution in [1.29, 1.82) is 0 Å². The molecule has 0 unspecified atom stereocenters. The van der Waals surface area contributed by atoms with Crippen LogP contribution >= 0.6 is 0 Å². The molecule has 5 nitrogen and oxygen atoms in total. The van der Waals surface area contributed by atoms with Crippen molar-refractivity contribution < 1.29 is 4.79 Å². The second-order valence-electron chi connectivity index (χ2n) is 5.33. The van der Waals surface area contributed by atoms with E-state index in [9.17, 15) is 4.79 Å². The van der Waals surface area contributed by atoms with Crippen molar-refractivity contribution in [3.05, 3.63) is 0 Å². The molecular formula is C13H28N4O. The van der Waals surface area contributed by atoms with E-state index in [1.165, 1.54) is 45.6 Å². The van der Waals surface area contributed by atoms with E-state index >= 15 is 0 Å². The van der Waals surface area contributed by atoms with Gasteiger partial charge >= 0.3 is 6.03 Å². The highest BCUT2D eigenvalue weighted by Gasteiger charge is 2.12. The van der Waals surface area contributed by atoms with Crippen LogP contribution < -0.4 is 5.32 Å². The van der Waals surface area contributed by atoms with Crippen molar-refractivity contribution in [3.63, 3.8) is 0 Å². The largest absolute Gasteiger partial charge is 0.338 e. The van der Waals surface area contributed by atoms with Crippen LogP contribution in [0.5, 0.6) is 0 Å². The van der Waals surface area contributed by atoms with E-state index in [4.69, 9.17) is 0 Å². The fraction of sp³-hybridized carbons (Fsp3) is 0.923. The van der Waals surface area contributed by atoms with E-state index in [1.54, 1.807) is 19.0 Å². The highest BCUT2D eigenvalue weighted by Crippen LogP contribution is 2.02. The molecule has 0 aromatic carbocycles. The molecule has 1 fully saturated rings. The Labute approximate surface area is 111 Å².